The zero-order valence-electron chi connectivity index (χ0n) is 10.8. The van der Waals surface area contributed by atoms with Gasteiger partial charge < -0.3 is 10.8 Å². The Hall–Kier alpha value is -1.08. The lowest BCUT2D eigenvalue weighted by molar-refractivity contribution is 0.0696. The van der Waals surface area contributed by atoms with Crippen LogP contribution in [-0.2, 0) is 0 Å². The van der Waals surface area contributed by atoms with Crippen LogP contribution >= 0.6 is 55.1 Å². The van der Waals surface area contributed by atoms with Crippen LogP contribution in [0.1, 0.15) is 20.7 Å². The standard InChI is InChI=1S/C7H5BrClNO.C7H4BrClO2/c2*8-5-3-4(7(10)11)1-2-6(5)9/h1-3H,(H2,10,11);1-3H,(H,10,11). The number of primary amides is 1. The van der Waals surface area contributed by atoms with Gasteiger partial charge in [0.25, 0.3) is 0 Å². The van der Waals surface area contributed by atoms with Crippen molar-refractivity contribution in [3.63, 3.8) is 0 Å². The van der Waals surface area contributed by atoms with Crippen molar-refractivity contribution in [2.24, 2.45) is 5.73 Å². The van der Waals surface area contributed by atoms with Crippen LogP contribution in [0.3, 0.4) is 0 Å². The van der Waals surface area contributed by atoms with Gasteiger partial charge in [-0.1, -0.05) is 23.2 Å². The van der Waals surface area contributed by atoms with E-state index < -0.39 is 11.9 Å². The summed E-state index contributed by atoms with van der Waals surface area (Å²) in [7, 11) is 0. The van der Waals surface area contributed by atoms with Crippen molar-refractivity contribution in [1.29, 1.82) is 0 Å². The van der Waals surface area contributed by atoms with E-state index in [0.717, 1.165) is 0 Å². The first kappa shape index (κ1) is 19.0. The normalized spacial score (nSPS) is 9.64. The summed E-state index contributed by atoms with van der Waals surface area (Å²) >= 11 is 17.6. The highest BCUT2D eigenvalue weighted by molar-refractivity contribution is 9.10. The van der Waals surface area contributed by atoms with Crippen LogP contribution in [0.4, 0.5) is 0 Å². The molecular weight excluding hydrogens is 461 g/mol. The quantitative estimate of drug-likeness (QED) is 0.649. The van der Waals surface area contributed by atoms with Crippen molar-refractivity contribution in [1.82, 2.24) is 0 Å². The molecule has 0 saturated heterocycles. The number of amides is 1. The second-order valence-corrected chi connectivity index (χ2v) is 6.45. The van der Waals surface area contributed by atoms with Gasteiger partial charge in [-0.2, -0.15) is 0 Å². The topological polar surface area (TPSA) is 80.4 Å². The Morgan fingerprint density at radius 1 is 0.909 bits per heavy atom. The van der Waals surface area contributed by atoms with Crippen LogP contribution in [0.5, 0.6) is 0 Å². The van der Waals surface area contributed by atoms with Crippen molar-refractivity contribution < 1.29 is 14.7 Å². The molecule has 0 heterocycles. The van der Waals surface area contributed by atoms with E-state index in [-0.39, 0.29) is 5.56 Å². The number of carboxylic acids is 1. The lowest BCUT2D eigenvalue weighted by Crippen LogP contribution is -2.10. The lowest BCUT2D eigenvalue weighted by Gasteiger charge is -1.97. The van der Waals surface area contributed by atoms with Crippen molar-refractivity contribution in [2.45, 2.75) is 0 Å². The molecule has 2 aromatic rings. The Morgan fingerprint density at radius 2 is 1.32 bits per heavy atom. The molecule has 0 aliphatic heterocycles. The number of hydrogen-bond acceptors (Lipinski definition) is 2. The van der Waals surface area contributed by atoms with E-state index in [4.69, 9.17) is 34.0 Å². The zero-order valence-corrected chi connectivity index (χ0v) is 15.5. The first-order valence-corrected chi connectivity index (χ1v) is 7.99. The fraction of sp³-hybridized carbons (Fsp3) is 0. The molecule has 0 saturated carbocycles. The summed E-state index contributed by atoms with van der Waals surface area (Å²) in [6.07, 6.45) is 0. The number of carboxylic acid groups (broad SMARTS) is 1. The molecule has 0 spiro atoms. The Morgan fingerprint density at radius 3 is 1.68 bits per heavy atom. The molecule has 0 radical (unpaired) electrons. The summed E-state index contributed by atoms with van der Waals surface area (Å²) < 4.78 is 1.27. The van der Waals surface area contributed by atoms with Gasteiger partial charge in [-0.3, -0.25) is 4.79 Å². The highest BCUT2D eigenvalue weighted by Gasteiger charge is 2.04. The van der Waals surface area contributed by atoms with Gasteiger partial charge in [0.2, 0.25) is 5.91 Å². The van der Waals surface area contributed by atoms with Gasteiger partial charge in [0.05, 0.1) is 15.6 Å². The lowest BCUT2D eigenvalue weighted by atomic mass is 10.2. The molecule has 22 heavy (non-hydrogen) atoms. The van der Waals surface area contributed by atoms with Crippen molar-refractivity contribution in [2.75, 3.05) is 0 Å². The number of carbonyl (C=O) groups is 2. The monoisotopic (exact) mass is 467 g/mol. The molecule has 0 aromatic heterocycles. The predicted molar refractivity (Wildman–Crippen MR) is 93.8 cm³/mol. The number of nitrogens with two attached hydrogens (primary N) is 1. The number of halogens is 4. The average molecular weight is 470 g/mol. The Bertz CT molecular complexity index is 662. The van der Waals surface area contributed by atoms with Gasteiger partial charge in [-0.15, -0.1) is 0 Å². The first-order chi connectivity index (χ1) is 10.2. The van der Waals surface area contributed by atoms with Gasteiger partial charge in [0.15, 0.2) is 0 Å². The van der Waals surface area contributed by atoms with Gasteiger partial charge in [0, 0.05) is 14.5 Å². The number of rotatable bonds is 2. The maximum Gasteiger partial charge on any atom is 0.335 e. The van der Waals surface area contributed by atoms with Gasteiger partial charge in [-0.05, 0) is 68.3 Å². The minimum Gasteiger partial charge on any atom is -0.478 e. The van der Waals surface area contributed by atoms with E-state index >= 15 is 0 Å². The number of aromatic carboxylic acids is 1. The molecule has 0 fully saturated rings. The van der Waals surface area contributed by atoms with Gasteiger partial charge in [-0.25, -0.2) is 4.79 Å². The third-order valence-corrected chi connectivity index (χ3v) is 4.80. The minimum atomic E-state index is -0.956. The largest absolute Gasteiger partial charge is 0.478 e. The van der Waals surface area contributed by atoms with Crippen LogP contribution in [0.15, 0.2) is 45.3 Å². The Balaban J connectivity index is 0.000000220. The van der Waals surface area contributed by atoms with Crippen molar-refractivity contribution >= 4 is 66.9 Å². The molecule has 2 rings (SSSR count). The highest BCUT2D eigenvalue weighted by atomic mass is 79.9. The summed E-state index contributed by atoms with van der Waals surface area (Å²) in [5.74, 6) is -1.41. The first-order valence-electron chi connectivity index (χ1n) is 5.65. The van der Waals surface area contributed by atoms with Crippen LogP contribution < -0.4 is 5.73 Å². The van der Waals surface area contributed by atoms with E-state index in [2.05, 4.69) is 31.9 Å². The van der Waals surface area contributed by atoms with Crippen molar-refractivity contribution in [3.05, 3.63) is 66.5 Å². The molecule has 4 nitrogen and oxygen atoms in total. The van der Waals surface area contributed by atoms with Gasteiger partial charge in [0.1, 0.15) is 0 Å². The van der Waals surface area contributed by atoms with E-state index in [0.29, 0.717) is 24.6 Å². The van der Waals surface area contributed by atoms with E-state index in [1.54, 1.807) is 18.2 Å². The molecule has 0 bridgehead atoms. The molecule has 0 atom stereocenters. The fourth-order valence-electron chi connectivity index (χ4n) is 1.28. The van der Waals surface area contributed by atoms with Crippen molar-refractivity contribution in [3.8, 4) is 0 Å². The number of carbonyl (C=O) groups excluding carboxylic acids is 1. The minimum absolute atomic E-state index is 0.223. The van der Waals surface area contributed by atoms with E-state index in [1.807, 2.05) is 0 Å². The summed E-state index contributed by atoms with van der Waals surface area (Å²) in [5.41, 5.74) is 5.70. The molecule has 3 N–H and O–H groups in total. The second kappa shape index (κ2) is 8.53. The van der Waals surface area contributed by atoms with Gasteiger partial charge >= 0.3 is 5.97 Å². The second-order valence-electron chi connectivity index (χ2n) is 3.93. The maximum atomic E-state index is 10.6. The highest BCUT2D eigenvalue weighted by Crippen LogP contribution is 2.23. The molecule has 0 aliphatic rings. The molecule has 1 amide bonds. The summed E-state index contributed by atoms with van der Waals surface area (Å²) in [4.78, 5) is 21.0. The molecular formula is C14H9Br2Cl2NO3. The molecule has 116 valence electrons. The number of benzene rings is 2. The smallest absolute Gasteiger partial charge is 0.335 e. The SMILES string of the molecule is NC(=O)c1ccc(Cl)c(Br)c1.O=C(O)c1ccc(Cl)c(Br)c1. The molecule has 8 heteroatoms. The Labute approximate surface area is 153 Å². The molecule has 0 aliphatic carbocycles. The zero-order chi connectivity index (χ0) is 16.9. The maximum absolute atomic E-state index is 10.6. The van der Waals surface area contributed by atoms with Crippen LogP contribution in [-0.4, -0.2) is 17.0 Å². The van der Waals surface area contributed by atoms with Crippen LogP contribution in [0.2, 0.25) is 10.0 Å². The van der Waals surface area contributed by atoms with Crippen LogP contribution in [0.25, 0.3) is 0 Å². The fourth-order valence-corrected chi connectivity index (χ4v) is 2.27. The summed E-state index contributed by atoms with van der Waals surface area (Å²) in [5, 5.41) is 9.61. The summed E-state index contributed by atoms with van der Waals surface area (Å²) in [6, 6.07) is 9.24. The third-order valence-electron chi connectivity index (χ3n) is 2.37. The van der Waals surface area contributed by atoms with E-state index in [1.165, 1.54) is 18.2 Å². The average Bonchev–Trinajstić information content (AvgIpc) is 2.45. The predicted octanol–water partition coefficient (Wildman–Crippen LogP) is 5.00. The molecule has 0 unspecified atom stereocenters. The molecule has 2 aromatic carbocycles. The van der Waals surface area contributed by atoms with E-state index in [9.17, 15) is 9.59 Å². The van der Waals surface area contributed by atoms with Crippen LogP contribution in [0, 0.1) is 0 Å². The number of hydrogen-bond donors (Lipinski definition) is 2. The third kappa shape index (κ3) is 5.61. The summed E-state index contributed by atoms with van der Waals surface area (Å²) in [6.45, 7) is 0. The Kier molecular flexibility index (Phi) is 7.35.